The van der Waals surface area contributed by atoms with Gasteiger partial charge in [0.05, 0.1) is 29.1 Å². The molecule has 2 aromatic carbocycles. The predicted octanol–water partition coefficient (Wildman–Crippen LogP) is 1.46. The van der Waals surface area contributed by atoms with Crippen LogP contribution in [-0.2, 0) is 14.8 Å². The number of nitrogens with one attached hydrogen (secondary N) is 2. The molecular formula is C20H22N4O6S. The lowest BCUT2D eigenvalue weighted by Gasteiger charge is -2.47. The number of carbonyl (C=O) groups excluding carboxylic acids is 1. The first-order valence-electron chi connectivity index (χ1n) is 9.80. The van der Waals surface area contributed by atoms with Crippen molar-refractivity contribution in [3.63, 3.8) is 0 Å². The summed E-state index contributed by atoms with van der Waals surface area (Å²) in [6.07, 6.45) is 0. The summed E-state index contributed by atoms with van der Waals surface area (Å²) in [5.74, 6) is -0.453. The molecule has 31 heavy (non-hydrogen) atoms. The summed E-state index contributed by atoms with van der Waals surface area (Å²) in [5.41, 5.74) is 0.0456. The van der Waals surface area contributed by atoms with E-state index < -0.39 is 20.9 Å². The number of nitro groups is 1. The van der Waals surface area contributed by atoms with E-state index in [0.717, 1.165) is 32.4 Å². The molecule has 0 atom stereocenters. The van der Waals surface area contributed by atoms with Crippen molar-refractivity contribution in [2.45, 2.75) is 10.9 Å². The first kappa shape index (κ1) is 21.2. The third-order valence-electron chi connectivity index (χ3n) is 5.44. The average Bonchev–Trinajstić information content (AvgIpc) is 2.68. The molecule has 2 saturated heterocycles. The summed E-state index contributed by atoms with van der Waals surface area (Å²) < 4.78 is 32.3. The summed E-state index contributed by atoms with van der Waals surface area (Å²) >= 11 is 0. The molecule has 4 rings (SSSR count). The summed E-state index contributed by atoms with van der Waals surface area (Å²) in [4.78, 5) is 25.0. The lowest BCUT2D eigenvalue weighted by Crippen LogP contribution is -2.60. The lowest BCUT2D eigenvalue weighted by molar-refractivity contribution is -0.384. The quantitative estimate of drug-likeness (QED) is 0.460. The van der Waals surface area contributed by atoms with E-state index >= 15 is 0 Å². The second-order valence-corrected chi connectivity index (χ2v) is 9.31. The van der Waals surface area contributed by atoms with Crippen molar-refractivity contribution in [1.82, 2.24) is 9.62 Å². The van der Waals surface area contributed by atoms with E-state index in [0.29, 0.717) is 18.5 Å². The highest BCUT2D eigenvalue weighted by Crippen LogP contribution is 2.29. The van der Waals surface area contributed by atoms with Gasteiger partial charge in [0.25, 0.3) is 21.6 Å². The van der Waals surface area contributed by atoms with Gasteiger partial charge in [-0.15, -0.1) is 0 Å². The van der Waals surface area contributed by atoms with E-state index in [9.17, 15) is 23.3 Å². The molecule has 2 N–H and O–H groups in total. The average molecular weight is 446 g/mol. The summed E-state index contributed by atoms with van der Waals surface area (Å²) in [5, 5.41) is 14.6. The highest BCUT2D eigenvalue weighted by Gasteiger charge is 2.36. The number of carbonyl (C=O) groups is 1. The number of sulfonamides is 1. The topological polar surface area (TPSA) is 131 Å². The Hall–Kier alpha value is -3.02. The first-order valence-corrected chi connectivity index (χ1v) is 11.3. The molecular weight excluding hydrogens is 424 g/mol. The van der Waals surface area contributed by atoms with Crippen LogP contribution in [0.15, 0.2) is 53.4 Å². The van der Waals surface area contributed by atoms with Gasteiger partial charge in [0.2, 0.25) is 0 Å². The number of amides is 1. The maximum atomic E-state index is 12.6. The fraction of sp³-hybridized carbons (Fsp3) is 0.350. The van der Waals surface area contributed by atoms with Gasteiger partial charge in [0, 0.05) is 37.2 Å². The molecule has 0 unspecified atom stereocenters. The Balaban J connectivity index is 1.42. The Morgan fingerprint density at radius 2 is 1.87 bits per heavy atom. The Labute approximate surface area is 179 Å². The SMILES string of the molecule is O=C(NS(=O)(=O)c1ccc(NCC2CN(C3COC3)C2)c([N+](=O)[O-])c1)c1ccccc1. The Bertz CT molecular complexity index is 1080. The number of benzene rings is 2. The molecule has 0 saturated carbocycles. The predicted molar refractivity (Wildman–Crippen MR) is 112 cm³/mol. The van der Waals surface area contributed by atoms with Crippen molar-refractivity contribution in [2.24, 2.45) is 5.92 Å². The molecule has 0 bridgehead atoms. The largest absolute Gasteiger partial charge is 0.379 e. The minimum absolute atomic E-state index is 0.168. The number of hydrogen-bond donors (Lipinski definition) is 2. The number of anilines is 1. The molecule has 0 spiro atoms. The van der Waals surface area contributed by atoms with Crippen LogP contribution in [0.2, 0.25) is 0 Å². The van der Waals surface area contributed by atoms with Gasteiger partial charge in [-0.25, -0.2) is 13.1 Å². The number of rotatable bonds is 8. The highest BCUT2D eigenvalue weighted by atomic mass is 32.2. The van der Waals surface area contributed by atoms with Crippen LogP contribution in [0.25, 0.3) is 0 Å². The molecule has 2 aliphatic heterocycles. The molecule has 2 aliphatic rings. The van der Waals surface area contributed by atoms with Crippen LogP contribution in [0, 0.1) is 16.0 Å². The van der Waals surface area contributed by atoms with Gasteiger partial charge in [0.1, 0.15) is 5.69 Å². The third kappa shape index (κ3) is 4.68. The van der Waals surface area contributed by atoms with Crippen molar-refractivity contribution in [3.8, 4) is 0 Å². The molecule has 1 amide bonds. The summed E-state index contributed by atoms with van der Waals surface area (Å²) in [7, 11) is -4.27. The molecule has 11 heteroatoms. The van der Waals surface area contributed by atoms with E-state index in [-0.39, 0.29) is 21.8 Å². The first-order chi connectivity index (χ1) is 14.8. The fourth-order valence-corrected chi connectivity index (χ4v) is 4.53. The molecule has 164 valence electrons. The van der Waals surface area contributed by atoms with Crippen molar-refractivity contribution < 1.29 is 22.9 Å². The van der Waals surface area contributed by atoms with Gasteiger partial charge in [-0.05, 0) is 24.3 Å². The molecule has 10 nitrogen and oxygen atoms in total. The van der Waals surface area contributed by atoms with Crippen LogP contribution < -0.4 is 10.0 Å². The molecule has 0 radical (unpaired) electrons. The standard InChI is InChI=1S/C20H22N4O6S/c25-20(15-4-2-1-3-5-15)22-31(28,29)17-6-7-18(19(8-17)24(26)27)21-9-14-10-23(11-14)16-12-30-13-16/h1-8,14,16,21H,9-13H2,(H,22,25). The summed E-state index contributed by atoms with van der Waals surface area (Å²) in [6.45, 7) is 3.84. The van der Waals surface area contributed by atoms with Crippen LogP contribution in [0.1, 0.15) is 10.4 Å². The molecule has 2 heterocycles. The van der Waals surface area contributed by atoms with E-state index in [2.05, 4.69) is 10.2 Å². The third-order valence-corrected chi connectivity index (χ3v) is 6.77. The van der Waals surface area contributed by atoms with E-state index in [1.54, 1.807) is 18.2 Å². The highest BCUT2D eigenvalue weighted by molar-refractivity contribution is 7.90. The van der Waals surface area contributed by atoms with Crippen molar-refractivity contribution >= 4 is 27.3 Å². The van der Waals surface area contributed by atoms with Crippen LogP contribution >= 0.6 is 0 Å². The van der Waals surface area contributed by atoms with E-state index in [1.165, 1.54) is 24.3 Å². The Kier molecular flexibility index (Phi) is 5.90. The smallest absolute Gasteiger partial charge is 0.293 e. The monoisotopic (exact) mass is 446 g/mol. The van der Waals surface area contributed by atoms with Gasteiger partial charge in [-0.1, -0.05) is 18.2 Å². The maximum Gasteiger partial charge on any atom is 0.293 e. The van der Waals surface area contributed by atoms with E-state index in [4.69, 9.17) is 4.74 Å². The van der Waals surface area contributed by atoms with E-state index in [1.807, 2.05) is 4.72 Å². The van der Waals surface area contributed by atoms with Crippen LogP contribution in [0.3, 0.4) is 0 Å². The number of nitrogens with zero attached hydrogens (tertiary/aromatic N) is 2. The van der Waals surface area contributed by atoms with Crippen LogP contribution in [-0.4, -0.2) is 63.0 Å². The van der Waals surface area contributed by atoms with Crippen molar-refractivity contribution in [2.75, 3.05) is 38.2 Å². The number of hydrogen-bond acceptors (Lipinski definition) is 8. The molecule has 0 aromatic heterocycles. The number of nitro benzene ring substituents is 1. The number of likely N-dealkylation sites (tertiary alicyclic amines) is 1. The molecule has 2 aromatic rings. The molecule has 0 aliphatic carbocycles. The number of ether oxygens (including phenoxy) is 1. The second kappa shape index (κ2) is 8.61. The molecule has 2 fully saturated rings. The Morgan fingerprint density at radius 1 is 1.16 bits per heavy atom. The normalized spacial score (nSPS) is 17.4. The minimum atomic E-state index is -4.27. The van der Waals surface area contributed by atoms with Crippen molar-refractivity contribution in [1.29, 1.82) is 0 Å². The van der Waals surface area contributed by atoms with Gasteiger partial charge >= 0.3 is 0 Å². The lowest BCUT2D eigenvalue weighted by atomic mass is 9.96. The van der Waals surface area contributed by atoms with Gasteiger partial charge in [-0.3, -0.25) is 19.8 Å². The zero-order chi connectivity index (χ0) is 22.0. The Morgan fingerprint density at radius 3 is 2.48 bits per heavy atom. The second-order valence-electron chi connectivity index (χ2n) is 7.63. The van der Waals surface area contributed by atoms with Crippen LogP contribution in [0.4, 0.5) is 11.4 Å². The van der Waals surface area contributed by atoms with Crippen LogP contribution in [0.5, 0.6) is 0 Å². The van der Waals surface area contributed by atoms with Gasteiger partial charge in [0.15, 0.2) is 0 Å². The van der Waals surface area contributed by atoms with Gasteiger partial charge < -0.3 is 10.1 Å². The fourth-order valence-electron chi connectivity index (χ4n) is 3.53. The summed E-state index contributed by atoms with van der Waals surface area (Å²) in [6, 6.07) is 11.9. The minimum Gasteiger partial charge on any atom is -0.379 e. The van der Waals surface area contributed by atoms with Crippen molar-refractivity contribution in [3.05, 3.63) is 64.2 Å². The zero-order valence-corrected chi connectivity index (χ0v) is 17.4. The maximum absolute atomic E-state index is 12.6. The zero-order valence-electron chi connectivity index (χ0n) is 16.6. The van der Waals surface area contributed by atoms with Gasteiger partial charge in [-0.2, -0.15) is 0 Å².